The predicted octanol–water partition coefficient (Wildman–Crippen LogP) is 1.50. The van der Waals surface area contributed by atoms with Crippen molar-refractivity contribution in [2.24, 2.45) is 5.73 Å². The van der Waals surface area contributed by atoms with Crippen LogP contribution in [0.25, 0.3) is 11.0 Å². The van der Waals surface area contributed by atoms with Crippen molar-refractivity contribution in [2.75, 3.05) is 5.73 Å². The first-order valence-electron chi connectivity index (χ1n) is 7.57. The zero-order valence-corrected chi connectivity index (χ0v) is 13.1. The van der Waals surface area contributed by atoms with Gasteiger partial charge in [0.1, 0.15) is 17.6 Å². The number of aromatic nitrogens is 3. The van der Waals surface area contributed by atoms with Crippen molar-refractivity contribution in [3.63, 3.8) is 0 Å². The van der Waals surface area contributed by atoms with Crippen LogP contribution < -0.4 is 11.5 Å². The molecule has 2 heterocycles. The summed E-state index contributed by atoms with van der Waals surface area (Å²) in [5.74, 6) is 1.50. The Labute approximate surface area is 125 Å². The summed E-state index contributed by atoms with van der Waals surface area (Å²) in [5, 5.41) is 9.22. The fourth-order valence-corrected chi connectivity index (χ4v) is 2.79. The maximum Gasteiger partial charge on any atom is 0.151 e. The molecule has 0 aliphatic carbocycles. The van der Waals surface area contributed by atoms with Crippen LogP contribution in [0.4, 0.5) is 5.82 Å². The summed E-state index contributed by atoms with van der Waals surface area (Å²) in [5.41, 5.74) is 15.5. The summed E-state index contributed by atoms with van der Waals surface area (Å²) in [6.07, 6.45) is 2.30. The maximum absolute atomic E-state index is 9.22. The van der Waals surface area contributed by atoms with Gasteiger partial charge in [0.05, 0.1) is 5.52 Å². The number of hydrogen-bond donors (Lipinski definition) is 3. The average molecular weight is 291 g/mol. The Bertz CT molecular complexity index is 633. The van der Waals surface area contributed by atoms with Gasteiger partial charge in [-0.15, -0.1) is 0 Å². The lowest BCUT2D eigenvalue weighted by Gasteiger charge is -2.12. The van der Waals surface area contributed by atoms with E-state index in [0.717, 1.165) is 53.9 Å². The number of hydrogen-bond acceptors (Lipinski definition) is 5. The van der Waals surface area contributed by atoms with Gasteiger partial charge in [-0.2, -0.15) is 0 Å². The second-order valence-electron chi connectivity index (χ2n) is 5.36. The van der Waals surface area contributed by atoms with Crippen molar-refractivity contribution in [3.8, 4) is 0 Å². The van der Waals surface area contributed by atoms with Crippen molar-refractivity contribution in [2.45, 2.75) is 59.2 Å². The smallest absolute Gasteiger partial charge is 0.151 e. The minimum Gasteiger partial charge on any atom is -0.382 e. The molecule has 21 heavy (non-hydrogen) atoms. The molecule has 116 valence electrons. The first-order valence-corrected chi connectivity index (χ1v) is 7.57. The third-order valence-electron chi connectivity index (χ3n) is 3.87. The molecule has 6 heteroatoms. The normalized spacial score (nSPS) is 13.0. The number of nitrogens with zero attached hydrogens (tertiary/aromatic N) is 3. The number of aliphatic hydroxyl groups excluding tert-OH is 1. The fraction of sp³-hybridized carbons (Fsp3) is 0.600. The molecule has 0 spiro atoms. The molecule has 0 amide bonds. The van der Waals surface area contributed by atoms with Crippen LogP contribution in [0.5, 0.6) is 0 Å². The molecule has 0 saturated heterocycles. The molecule has 0 saturated carbocycles. The summed E-state index contributed by atoms with van der Waals surface area (Å²) >= 11 is 0. The summed E-state index contributed by atoms with van der Waals surface area (Å²) in [4.78, 5) is 9.10. The van der Waals surface area contributed by atoms with E-state index in [1.807, 2.05) is 0 Å². The number of rotatable bonds is 6. The third-order valence-corrected chi connectivity index (χ3v) is 3.87. The Kier molecular flexibility index (Phi) is 4.80. The highest BCUT2D eigenvalue weighted by molar-refractivity contribution is 5.88. The van der Waals surface area contributed by atoms with Gasteiger partial charge in [-0.25, -0.2) is 9.97 Å². The summed E-state index contributed by atoms with van der Waals surface area (Å²) in [6, 6.07) is 0. The van der Waals surface area contributed by atoms with E-state index in [1.54, 1.807) is 0 Å². The summed E-state index contributed by atoms with van der Waals surface area (Å²) < 4.78 is 2.20. The topological polar surface area (TPSA) is 103 Å². The zero-order chi connectivity index (χ0) is 15.6. The predicted molar refractivity (Wildman–Crippen MR) is 84.9 cm³/mol. The second kappa shape index (κ2) is 6.41. The molecule has 6 nitrogen and oxygen atoms in total. The van der Waals surface area contributed by atoms with Gasteiger partial charge in [-0.1, -0.05) is 13.8 Å². The minimum absolute atomic E-state index is 0.500. The van der Waals surface area contributed by atoms with E-state index >= 15 is 0 Å². The third kappa shape index (κ3) is 3.01. The largest absolute Gasteiger partial charge is 0.382 e. The van der Waals surface area contributed by atoms with Gasteiger partial charge >= 0.3 is 0 Å². The number of fused-ring (bicyclic) bond motifs is 1. The van der Waals surface area contributed by atoms with Crippen LogP contribution in [0.2, 0.25) is 0 Å². The molecule has 0 aliphatic rings. The number of aryl methyl sites for hydroxylation is 4. The van der Waals surface area contributed by atoms with Crippen molar-refractivity contribution < 1.29 is 5.11 Å². The molecule has 0 aromatic carbocycles. The lowest BCUT2D eigenvalue weighted by atomic mass is 10.1. The van der Waals surface area contributed by atoms with E-state index in [0.29, 0.717) is 12.2 Å². The van der Waals surface area contributed by atoms with Crippen LogP contribution >= 0.6 is 0 Å². The van der Waals surface area contributed by atoms with Gasteiger partial charge in [-0.3, -0.25) is 0 Å². The average Bonchev–Trinajstić information content (AvgIpc) is 2.82. The Morgan fingerprint density at radius 3 is 2.52 bits per heavy atom. The molecule has 2 rings (SSSR count). The van der Waals surface area contributed by atoms with Crippen LogP contribution in [0.3, 0.4) is 0 Å². The van der Waals surface area contributed by atoms with Gasteiger partial charge in [0, 0.05) is 18.7 Å². The molecule has 0 radical (unpaired) electrons. The minimum atomic E-state index is -0.760. The Morgan fingerprint density at radius 2 is 1.95 bits per heavy atom. The number of imidazole rings is 1. The standard InChI is InChI=1S/C15H25N5O/c1-4-10-9(3)14-13(15(17)18-10)19-12(5-2)20(14)8-6-7-11(16)21/h11,21H,4-8,16H2,1-3H3,(H2,17,18). The fourth-order valence-electron chi connectivity index (χ4n) is 2.79. The highest BCUT2D eigenvalue weighted by Gasteiger charge is 2.17. The van der Waals surface area contributed by atoms with Gasteiger partial charge in [0.15, 0.2) is 5.82 Å². The lowest BCUT2D eigenvalue weighted by Crippen LogP contribution is -2.19. The van der Waals surface area contributed by atoms with E-state index in [-0.39, 0.29) is 0 Å². The zero-order valence-electron chi connectivity index (χ0n) is 13.1. The monoisotopic (exact) mass is 291 g/mol. The molecule has 2 aromatic heterocycles. The number of pyridine rings is 1. The molecule has 0 fully saturated rings. The van der Waals surface area contributed by atoms with Gasteiger partial charge in [0.25, 0.3) is 0 Å². The molecule has 0 aliphatic heterocycles. The number of nitrogens with two attached hydrogens (primary N) is 2. The van der Waals surface area contributed by atoms with Crippen LogP contribution in [0.1, 0.15) is 43.8 Å². The molecule has 2 aromatic rings. The Morgan fingerprint density at radius 1 is 1.24 bits per heavy atom. The van der Waals surface area contributed by atoms with Crippen LogP contribution in [0, 0.1) is 6.92 Å². The van der Waals surface area contributed by atoms with Crippen molar-refractivity contribution in [3.05, 3.63) is 17.1 Å². The Hall–Kier alpha value is -1.66. The summed E-state index contributed by atoms with van der Waals surface area (Å²) in [7, 11) is 0. The van der Waals surface area contributed by atoms with Gasteiger partial charge < -0.3 is 21.1 Å². The van der Waals surface area contributed by atoms with Crippen LogP contribution in [0.15, 0.2) is 0 Å². The van der Waals surface area contributed by atoms with Gasteiger partial charge in [-0.05, 0) is 31.7 Å². The highest BCUT2D eigenvalue weighted by Crippen LogP contribution is 2.27. The van der Waals surface area contributed by atoms with E-state index < -0.39 is 6.23 Å². The van der Waals surface area contributed by atoms with Crippen molar-refractivity contribution in [1.29, 1.82) is 0 Å². The molecular weight excluding hydrogens is 266 g/mol. The first kappa shape index (κ1) is 15.7. The van der Waals surface area contributed by atoms with Crippen molar-refractivity contribution in [1.82, 2.24) is 14.5 Å². The molecule has 1 unspecified atom stereocenters. The second-order valence-corrected chi connectivity index (χ2v) is 5.36. The maximum atomic E-state index is 9.22. The quantitative estimate of drug-likeness (QED) is 0.700. The van der Waals surface area contributed by atoms with E-state index in [4.69, 9.17) is 11.5 Å². The SMILES string of the molecule is CCc1nc(N)c2nc(CC)n(CCCC(N)O)c2c1C. The Balaban J connectivity index is 2.52. The van der Waals surface area contributed by atoms with Crippen LogP contribution in [-0.4, -0.2) is 25.9 Å². The molecular formula is C15H25N5O. The molecule has 0 bridgehead atoms. The highest BCUT2D eigenvalue weighted by atomic mass is 16.3. The first-order chi connectivity index (χ1) is 9.99. The number of aliphatic hydroxyl groups is 1. The lowest BCUT2D eigenvalue weighted by molar-refractivity contribution is 0.167. The van der Waals surface area contributed by atoms with E-state index in [1.165, 1.54) is 0 Å². The van der Waals surface area contributed by atoms with Crippen molar-refractivity contribution >= 4 is 16.9 Å². The van der Waals surface area contributed by atoms with Crippen LogP contribution in [-0.2, 0) is 19.4 Å². The van der Waals surface area contributed by atoms with E-state index in [2.05, 4.69) is 35.3 Å². The van der Waals surface area contributed by atoms with E-state index in [9.17, 15) is 5.11 Å². The summed E-state index contributed by atoms with van der Waals surface area (Å²) in [6.45, 7) is 7.01. The van der Waals surface area contributed by atoms with Gasteiger partial charge in [0.2, 0.25) is 0 Å². The molecule has 5 N–H and O–H groups in total. The molecule has 1 atom stereocenters. The number of anilines is 1. The number of nitrogen functional groups attached to an aromatic ring is 1.